The van der Waals surface area contributed by atoms with Crippen LogP contribution in [0, 0.1) is 0 Å². The number of hydrogen-bond donors (Lipinski definition) is 1. The lowest BCUT2D eigenvalue weighted by atomic mass is 10.0. The molecule has 1 saturated heterocycles. The minimum absolute atomic E-state index is 0. The van der Waals surface area contributed by atoms with Gasteiger partial charge in [0.25, 0.3) is 0 Å². The molecule has 0 saturated carbocycles. The molecule has 1 N–H and O–H groups in total. The van der Waals surface area contributed by atoms with Crippen LogP contribution in [0.25, 0.3) is 0 Å². The summed E-state index contributed by atoms with van der Waals surface area (Å²) in [4.78, 5) is 6.72. The molecule has 1 aliphatic rings. The number of halogens is 1. The molecule has 0 bridgehead atoms. The first-order valence-corrected chi connectivity index (χ1v) is 8.40. The average molecular weight is 380 g/mol. The summed E-state index contributed by atoms with van der Waals surface area (Å²) in [7, 11) is 4.91. The Hall–Kier alpha value is -2.02. The zero-order valence-electron chi connectivity index (χ0n) is 15.4. The summed E-state index contributed by atoms with van der Waals surface area (Å²) >= 11 is 0. The molecule has 26 heavy (non-hydrogen) atoms. The number of ether oxygens (including phenoxy) is 3. The number of rotatable bonds is 6. The quantitative estimate of drug-likeness (QED) is 0.832. The van der Waals surface area contributed by atoms with Crippen molar-refractivity contribution in [2.75, 3.05) is 41.0 Å². The van der Waals surface area contributed by atoms with Crippen molar-refractivity contribution in [2.24, 2.45) is 0 Å². The molecule has 1 aromatic carbocycles. The highest BCUT2D eigenvalue weighted by Crippen LogP contribution is 2.39. The predicted molar refractivity (Wildman–Crippen MR) is 104 cm³/mol. The molecular formula is C19H26ClN3O3. The van der Waals surface area contributed by atoms with E-state index in [4.69, 9.17) is 14.2 Å². The number of aromatic nitrogens is 1. The van der Waals surface area contributed by atoms with Gasteiger partial charge in [-0.2, -0.15) is 0 Å². The van der Waals surface area contributed by atoms with E-state index in [9.17, 15) is 0 Å². The zero-order chi connectivity index (χ0) is 17.6. The number of nitrogens with one attached hydrogen (secondary N) is 1. The Morgan fingerprint density at radius 1 is 1.15 bits per heavy atom. The molecule has 2 aromatic rings. The van der Waals surface area contributed by atoms with Gasteiger partial charge in [0.05, 0.1) is 21.3 Å². The molecule has 0 aliphatic carbocycles. The maximum atomic E-state index is 5.47. The summed E-state index contributed by atoms with van der Waals surface area (Å²) in [6.07, 6.45) is 3.75. The van der Waals surface area contributed by atoms with Gasteiger partial charge in [0.2, 0.25) is 5.75 Å². The summed E-state index contributed by atoms with van der Waals surface area (Å²) in [6.45, 7) is 3.66. The third-order valence-electron chi connectivity index (χ3n) is 4.53. The lowest BCUT2D eigenvalue weighted by Crippen LogP contribution is -2.45. The van der Waals surface area contributed by atoms with E-state index in [2.05, 4.69) is 21.3 Å². The molecule has 142 valence electrons. The van der Waals surface area contributed by atoms with Gasteiger partial charge in [-0.1, -0.05) is 6.07 Å². The molecule has 0 spiro atoms. The van der Waals surface area contributed by atoms with Crippen LogP contribution < -0.4 is 19.5 Å². The first kappa shape index (κ1) is 20.3. The number of hydrogen-bond acceptors (Lipinski definition) is 6. The molecule has 0 radical (unpaired) electrons. The molecule has 1 fully saturated rings. The molecule has 7 heteroatoms. The Balaban J connectivity index is 0.00000243. The summed E-state index contributed by atoms with van der Waals surface area (Å²) in [5, 5.41) is 3.47. The van der Waals surface area contributed by atoms with Crippen molar-refractivity contribution >= 4 is 12.4 Å². The van der Waals surface area contributed by atoms with Crippen LogP contribution in [0.2, 0.25) is 0 Å². The van der Waals surface area contributed by atoms with Crippen molar-refractivity contribution in [3.8, 4) is 17.2 Å². The van der Waals surface area contributed by atoms with Crippen molar-refractivity contribution < 1.29 is 14.2 Å². The van der Waals surface area contributed by atoms with Crippen molar-refractivity contribution in [1.82, 2.24) is 15.2 Å². The Morgan fingerprint density at radius 3 is 2.46 bits per heavy atom. The van der Waals surface area contributed by atoms with Crippen molar-refractivity contribution in [1.29, 1.82) is 0 Å². The minimum Gasteiger partial charge on any atom is -0.493 e. The van der Waals surface area contributed by atoms with Gasteiger partial charge in [-0.3, -0.25) is 9.88 Å². The number of piperazine rings is 1. The Bertz CT molecular complexity index is 675. The third-order valence-corrected chi connectivity index (χ3v) is 4.53. The van der Waals surface area contributed by atoms with E-state index in [1.54, 1.807) is 21.3 Å². The number of pyridine rings is 1. The van der Waals surface area contributed by atoms with Crippen LogP contribution in [0.5, 0.6) is 17.2 Å². The Morgan fingerprint density at radius 2 is 1.88 bits per heavy atom. The van der Waals surface area contributed by atoms with Crippen LogP contribution in [0.15, 0.2) is 36.7 Å². The number of methoxy groups -OCH3 is 3. The second kappa shape index (κ2) is 9.62. The zero-order valence-corrected chi connectivity index (χ0v) is 16.2. The maximum absolute atomic E-state index is 5.47. The van der Waals surface area contributed by atoms with Gasteiger partial charge < -0.3 is 19.5 Å². The summed E-state index contributed by atoms with van der Waals surface area (Å²) < 4.78 is 16.4. The SMILES string of the molecule is COc1cc(CN2CCNCC2c2cccnc2)cc(OC)c1OC.Cl. The smallest absolute Gasteiger partial charge is 0.203 e. The van der Waals surface area contributed by atoms with Crippen molar-refractivity contribution in [2.45, 2.75) is 12.6 Å². The van der Waals surface area contributed by atoms with Crippen molar-refractivity contribution in [3.63, 3.8) is 0 Å². The van der Waals surface area contributed by atoms with Crippen LogP contribution in [-0.4, -0.2) is 50.8 Å². The highest BCUT2D eigenvalue weighted by atomic mass is 35.5. The normalized spacial score (nSPS) is 17.3. The molecule has 1 atom stereocenters. The van der Waals surface area contributed by atoms with Gasteiger partial charge in [0.1, 0.15) is 0 Å². The highest BCUT2D eigenvalue weighted by molar-refractivity contribution is 5.85. The fourth-order valence-electron chi connectivity index (χ4n) is 3.30. The van der Waals surface area contributed by atoms with E-state index >= 15 is 0 Å². The first-order chi connectivity index (χ1) is 12.3. The summed E-state index contributed by atoms with van der Waals surface area (Å²) in [5.74, 6) is 1.99. The topological polar surface area (TPSA) is 55.9 Å². The van der Waals surface area contributed by atoms with Crippen LogP contribution >= 0.6 is 12.4 Å². The molecule has 2 heterocycles. The predicted octanol–water partition coefficient (Wildman–Crippen LogP) is 2.68. The lowest BCUT2D eigenvalue weighted by molar-refractivity contribution is 0.153. The summed E-state index contributed by atoms with van der Waals surface area (Å²) in [5.41, 5.74) is 2.35. The van der Waals surface area contributed by atoms with Crippen LogP contribution in [-0.2, 0) is 6.54 Å². The fraction of sp³-hybridized carbons (Fsp3) is 0.421. The van der Waals surface area contributed by atoms with E-state index < -0.39 is 0 Å². The Labute approximate surface area is 160 Å². The van der Waals surface area contributed by atoms with Crippen LogP contribution in [0.1, 0.15) is 17.2 Å². The monoisotopic (exact) mass is 379 g/mol. The van der Waals surface area contributed by atoms with Gasteiger partial charge in [0, 0.05) is 44.6 Å². The second-order valence-corrected chi connectivity index (χ2v) is 6.01. The fourth-order valence-corrected chi connectivity index (χ4v) is 3.30. The van der Waals surface area contributed by atoms with E-state index in [0.29, 0.717) is 23.3 Å². The van der Waals surface area contributed by atoms with E-state index in [1.807, 2.05) is 30.6 Å². The first-order valence-electron chi connectivity index (χ1n) is 8.40. The standard InChI is InChI=1S/C19H25N3O3.ClH/c1-23-17-9-14(10-18(24-2)19(17)25-3)13-22-8-7-21-12-16(22)15-5-4-6-20-11-15;/h4-6,9-11,16,21H,7-8,12-13H2,1-3H3;1H. The van der Waals surface area contributed by atoms with E-state index in [0.717, 1.165) is 31.7 Å². The molecule has 3 rings (SSSR count). The molecule has 6 nitrogen and oxygen atoms in total. The van der Waals surface area contributed by atoms with Gasteiger partial charge in [-0.05, 0) is 29.3 Å². The van der Waals surface area contributed by atoms with E-state index in [1.165, 1.54) is 5.56 Å². The average Bonchev–Trinajstić information content (AvgIpc) is 2.68. The molecule has 1 aromatic heterocycles. The van der Waals surface area contributed by atoms with Gasteiger partial charge in [-0.15, -0.1) is 12.4 Å². The largest absolute Gasteiger partial charge is 0.493 e. The van der Waals surface area contributed by atoms with Crippen LogP contribution in [0.3, 0.4) is 0 Å². The second-order valence-electron chi connectivity index (χ2n) is 6.01. The Kier molecular flexibility index (Phi) is 7.50. The van der Waals surface area contributed by atoms with Crippen LogP contribution in [0.4, 0.5) is 0 Å². The highest BCUT2D eigenvalue weighted by Gasteiger charge is 2.25. The molecule has 0 amide bonds. The minimum atomic E-state index is 0. The lowest BCUT2D eigenvalue weighted by Gasteiger charge is -2.36. The maximum Gasteiger partial charge on any atom is 0.203 e. The molecular weight excluding hydrogens is 354 g/mol. The number of nitrogens with zero attached hydrogens (tertiary/aromatic N) is 2. The molecule has 1 aliphatic heterocycles. The number of benzene rings is 1. The van der Waals surface area contributed by atoms with Gasteiger partial charge in [0.15, 0.2) is 11.5 Å². The van der Waals surface area contributed by atoms with Gasteiger partial charge in [-0.25, -0.2) is 0 Å². The van der Waals surface area contributed by atoms with E-state index in [-0.39, 0.29) is 12.4 Å². The van der Waals surface area contributed by atoms with Gasteiger partial charge >= 0.3 is 0 Å². The van der Waals surface area contributed by atoms with Crippen molar-refractivity contribution in [3.05, 3.63) is 47.8 Å². The summed E-state index contributed by atoms with van der Waals surface area (Å²) in [6, 6.07) is 8.45. The molecule has 1 unspecified atom stereocenters. The third kappa shape index (κ3) is 4.38.